The van der Waals surface area contributed by atoms with Gasteiger partial charge in [0.2, 0.25) is 5.78 Å². The summed E-state index contributed by atoms with van der Waals surface area (Å²) < 4.78 is 19.5. The average molecular weight is 286 g/mol. The molecule has 0 N–H and O–H groups in total. The number of nitrogens with zero attached hydrogens (tertiary/aromatic N) is 4. The summed E-state index contributed by atoms with van der Waals surface area (Å²) in [6, 6.07) is 4.58. The lowest BCUT2D eigenvalue weighted by molar-refractivity contribution is 0.0520. The first-order chi connectivity index (χ1) is 10.2. The molecule has 0 bridgehead atoms. The SMILES string of the molecule is CCOC(=O)c1cn2c(-c3ccc(F)cn3)ccnc2n1. The third-order valence-corrected chi connectivity index (χ3v) is 2.84. The molecule has 0 aliphatic rings. The molecule has 3 rings (SSSR count). The smallest absolute Gasteiger partial charge is 0.358 e. The van der Waals surface area contributed by atoms with Gasteiger partial charge < -0.3 is 4.74 Å². The number of hydrogen-bond donors (Lipinski definition) is 0. The van der Waals surface area contributed by atoms with Crippen molar-refractivity contribution in [2.24, 2.45) is 0 Å². The molecule has 6 nitrogen and oxygen atoms in total. The van der Waals surface area contributed by atoms with E-state index in [9.17, 15) is 9.18 Å². The molecule has 0 aliphatic carbocycles. The Morgan fingerprint density at radius 3 is 2.90 bits per heavy atom. The Hall–Kier alpha value is -2.83. The molecular formula is C14H11FN4O2. The highest BCUT2D eigenvalue weighted by Crippen LogP contribution is 2.18. The first-order valence-electron chi connectivity index (χ1n) is 6.32. The fraction of sp³-hybridized carbons (Fsp3) is 0.143. The van der Waals surface area contributed by atoms with Crippen molar-refractivity contribution >= 4 is 11.7 Å². The Morgan fingerprint density at radius 1 is 1.33 bits per heavy atom. The Balaban J connectivity index is 2.11. The molecule has 3 aromatic rings. The first kappa shape index (κ1) is 13.2. The lowest BCUT2D eigenvalue weighted by Crippen LogP contribution is -2.04. The van der Waals surface area contributed by atoms with E-state index in [1.807, 2.05) is 0 Å². The largest absolute Gasteiger partial charge is 0.461 e. The molecule has 3 heterocycles. The molecule has 3 aromatic heterocycles. The number of imidazole rings is 1. The van der Waals surface area contributed by atoms with Crippen LogP contribution in [0.1, 0.15) is 17.4 Å². The van der Waals surface area contributed by atoms with Crippen LogP contribution in [0, 0.1) is 5.82 Å². The van der Waals surface area contributed by atoms with Crippen molar-refractivity contribution in [2.45, 2.75) is 6.92 Å². The second-order valence-corrected chi connectivity index (χ2v) is 4.21. The summed E-state index contributed by atoms with van der Waals surface area (Å²) in [5.41, 5.74) is 1.37. The summed E-state index contributed by atoms with van der Waals surface area (Å²) in [4.78, 5) is 23.9. The van der Waals surface area contributed by atoms with Gasteiger partial charge in [-0.3, -0.25) is 9.38 Å². The van der Waals surface area contributed by atoms with Gasteiger partial charge in [-0.25, -0.2) is 19.2 Å². The maximum absolute atomic E-state index is 13.0. The molecule has 0 saturated carbocycles. The van der Waals surface area contributed by atoms with Crippen LogP contribution in [0.3, 0.4) is 0 Å². The van der Waals surface area contributed by atoms with E-state index in [4.69, 9.17) is 4.74 Å². The van der Waals surface area contributed by atoms with Crippen molar-refractivity contribution in [3.8, 4) is 11.4 Å². The molecule has 0 aliphatic heterocycles. The van der Waals surface area contributed by atoms with Gasteiger partial charge >= 0.3 is 5.97 Å². The van der Waals surface area contributed by atoms with Crippen molar-refractivity contribution in [2.75, 3.05) is 6.61 Å². The van der Waals surface area contributed by atoms with Gasteiger partial charge in [0.25, 0.3) is 0 Å². The van der Waals surface area contributed by atoms with Crippen LogP contribution in [0.25, 0.3) is 17.2 Å². The molecule has 21 heavy (non-hydrogen) atoms. The molecule has 7 heteroatoms. The molecule has 0 radical (unpaired) electrons. The zero-order chi connectivity index (χ0) is 14.8. The van der Waals surface area contributed by atoms with Gasteiger partial charge in [0.1, 0.15) is 5.82 Å². The molecule has 0 spiro atoms. The van der Waals surface area contributed by atoms with Crippen molar-refractivity contribution in [1.82, 2.24) is 19.4 Å². The summed E-state index contributed by atoms with van der Waals surface area (Å²) in [5.74, 6) is -0.579. The number of rotatable bonds is 3. The maximum Gasteiger partial charge on any atom is 0.358 e. The van der Waals surface area contributed by atoms with Gasteiger partial charge in [-0.2, -0.15) is 0 Å². The van der Waals surface area contributed by atoms with Gasteiger partial charge in [0.05, 0.1) is 24.2 Å². The Bertz CT molecular complexity index is 798. The van der Waals surface area contributed by atoms with E-state index in [0.717, 1.165) is 6.20 Å². The second kappa shape index (κ2) is 5.28. The lowest BCUT2D eigenvalue weighted by atomic mass is 10.2. The average Bonchev–Trinajstić information content (AvgIpc) is 2.92. The van der Waals surface area contributed by atoms with Gasteiger partial charge in [-0.15, -0.1) is 0 Å². The van der Waals surface area contributed by atoms with E-state index < -0.39 is 11.8 Å². The van der Waals surface area contributed by atoms with Crippen LogP contribution in [0.5, 0.6) is 0 Å². The first-order valence-corrected chi connectivity index (χ1v) is 6.32. The molecule has 0 aromatic carbocycles. The third-order valence-electron chi connectivity index (χ3n) is 2.84. The summed E-state index contributed by atoms with van der Waals surface area (Å²) >= 11 is 0. The molecule has 0 atom stereocenters. The lowest BCUT2D eigenvalue weighted by Gasteiger charge is -2.03. The normalized spacial score (nSPS) is 10.8. The van der Waals surface area contributed by atoms with Gasteiger partial charge in [-0.05, 0) is 25.1 Å². The number of esters is 1. The summed E-state index contributed by atoms with van der Waals surface area (Å²) in [6.07, 6.45) is 4.21. The van der Waals surface area contributed by atoms with Crippen LogP contribution in [0.15, 0.2) is 36.8 Å². The predicted octanol–water partition coefficient (Wildman–Crippen LogP) is 2.11. The highest BCUT2D eigenvalue weighted by atomic mass is 19.1. The van der Waals surface area contributed by atoms with Crippen LogP contribution < -0.4 is 0 Å². The van der Waals surface area contributed by atoms with Crippen LogP contribution in [0.4, 0.5) is 4.39 Å². The Kier molecular flexibility index (Phi) is 3.31. The Morgan fingerprint density at radius 2 is 2.19 bits per heavy atom. The fourth-order valence-corrected chi connectivity index (χ4v) is 1.93. The quantitative estimate of drug-likeness (QED) is 0.690. The molecule has 0 amide bonds. The zero-order valence-electron chi connectivity index (χ0n) is 11.2. The number of aromatic nitrogens is 4. The number of halogens is 1. The van der Waals surface area contributed by atoms with E-state index in [1.54, 1.807) is 29.7 Å². The van der Waals surface area contributed by atoms with E-state index in [1.165, 1.54) is 12.3 Å². The van der Waals surface area contributed by atoms with Crippen molar-refractivity contribution < 1.29 is 13.9 Å². The number of carbonyl (C=O) groups is 1. The van der Waals surface area contributed by atoms with Crippen molar-refractivity contribution in [3.63, 3.8) is 0 Å². The van der Waals surface area contributed by atoms with Crippen LogP contribution in [0.2, 0.25) is 0 Å². The van der Waals surface area contributed by atoms with Crippen LogP contribution in [-0.4, -0.2) is 31.9 Å². The molecule has 0 fully saturated rings. The molecule has 0 saturated heterocycles. The minimum absolute atomic E-state index is 0.166. The number of ether oxygens (including phenoxy) is 1. The fourth-order valence-electron chi connectivity index (χ4n) is 1.93. The second-order valence-electron chi connectivity index (χ2n) is 4.21. The Labute approximate surface area is 119 Å². The van der Waals surface area contributed by atoms with E-state index in [0.29, 0.717) is 17.2 Å². The zero-order valence-corrected chi connectivity index (χ0v) is 11.2. The molecule has 106 valence electrons. The minimum atomic E-state index is -0.513. The monoisotopic (exact) mass is 286 g/mol. The van der Waals surface area contributed by atoms with Gasteiger partial charge in [0.15, 0.2) is 5.69 Å². The van der Waals surface area contributed by atoms with Gasteiger partial charge in [-0.1, -0.05) is 0 Å². The van der Waals surface area contributed by atoms with Crippen molar-refractivity contribution in [3.05, 3.63) is 48.3 Å². The summed E-state index contributed by atoms with van der Waals surface area (Å²) in [6.45, 7) is 1.99. The van der Waals surface area contributed by atoms with Gasteiger partial charge in [0, 0.05) is 12.4 Å². The van der Waals surface area contributed by atoms with Crippen LogP contribution in [-0.2, 0) is 4.74 Å². The maximum atomic E-state index is 13.0. The topological polar surface area (TPSA) is 69.4 Å². The third kappa shape index (κ3) is 2.45. The van der Waals surface area contributed by atoms with E-state index in [2.05, 4.69) is 15.0 Å². The number of pyridine rings is 1. The predicted molar refractivity (Wildman–Crippen MR) is 72.1 cm³/mol. The highest BCUT2D eigenvalue weighted by Gasteiger charge is 2.14. The summed E-state index contributed by atoms with van der Waals surface area (Å²) in [7, 11) is 0. The minimum Gasteiger partial charge on any atom is -0.461 e. The molecular weight excluding hydrogens is 275 g/mol. The summed E-state index contributed by atoms with van der Waals surface area (Å²) in [5, 5.41) is 0. The number of fused-ring (bicyclic) bond motifs is 1. The highest BCUT2D eigenvalue weighted by molar-refractivity contribution is 5.88. The number of hydrogen-bond acceptors (Lipinski definition) is 5. The van der Waals surface area contributed by atoms with Crippen LogP contribution >= 0.6 is 0 Å². The molecule has 0 unspecified atom stereocenters. The van der Waals surface area contributed by atoms with E-state index in [-0.39, 0.29) is 12.3 Å². The van der Waals surface area contributed by atoms with Crippen molar-refractivity contribution in [1.29, 1.82) is 0 Å². The standard InChI is InChI=1S/C14H11FN4O2/c1-2-21-13(20)11-8-19-12(5-6-16-14(19)18-11)10-4-3-9(15)7-17-10/h3-8H,2H2,1H3. The van der Waals surface area contributed by atoms with E-state index >= 15 is 0 Å². The number of carbonyl (C=O) groups excluding carboxylic acids is 1.